The van der Waals surface area contributed by atoms with Crippen molar-refractivity contribution >= 4 is 11.9 Å². The van der Waals surface area contributed by atoms with Gasteiger partial charge in [-0.3, -0.25) is 4.79 Å². The topological polar surface area (TPSA) is 63.6 Å². The summed E-state index contributed by atoms with van der Waals surface area (Å²) in [4.78, 5) is 24.7. The van der Waals surface area contributed by atoms with E-state index in [1.807, 2.05) is 6.92 Å². The number of rotatable bonds is 3. The molecular formula is C24H34O4. The number of hydrogen-bond donors (Lipinski definition) is 1. The van der Waals surface area contributed by atoms with E-state index in [0.717, 1.165) is 56.9 Å². The van der Waals surface area contributed by atoms with Crippen LogP contribution in [-0.2, 0) is 14.3 Å². The summed E-state index contributed by atoms with van der Waals surface area (Å²) in [5, 5.41) is 10.1. The lowest BCUT2D eigenvalue weighted by Gasteiger charge is -2.63. The molecule has 4 aliphatic rings. The van der Waals surface area contributed by atoms with E-state index in [0.29, 0.717) is 17.4 Å². The first-order valence-electron chi connectivity index (χ1n) is 10.8. The lowest BCUT2D eigenvalue weighted by atomic mass is 9.40. The summed E-state index contributed by atoms with van der Waals surface area (Å²) < 4.78 is 6.03. The lowest BCUT2D eigenvalue weighted by Crippen LogP contribution is -2.60. The van der Waals surface area contributed by atoms with Gasteiger partial charge in [-0.2, -0.15) is 0 Å². The highest BCUT2D eigenvalue weighted by molar-refractivity contribution is 5.87. The van der Waals surface area contributed by atoms with Crippen LogP contribution in [0.1, 0.15) is 72.1 Å². The largest absolute Gasteiger partial charge is 0.481 e. The summed E-state index contributed by atoms with van der Waals surface area (Å²) in [6, 6.07) is 0. The van der Waals surface area contributed by atoms with Crippen molar-refractivity contribution < 1.29 is 19.4 Å². The average molecular weight is 387 g/mol. The Morgan fingerprint density at radius 3 is 2.46 bits per heavy atom. The fraction of sp³-hybridized carbons (Fsp3) is 0.750. The molecule has 4 saturated carbocycles. The molecule has 0 unspecified atom stereocenters. The van der Waals surface area contributed by atoms with Crippen LogP contribution in [0.3, 0.4) is 0 Å². The van der Waals surface area contributed by atoms with E-state index >= 15 is 0 Å². The van der Waals surface area contributed by atoms with Gasteiger partial charge in [0.05, 0.1) is 5.41 Å². The van der Waals surface area contributed by atoms with Crippen LogP contribution < -0.4 is 0 Å². The Bertz CT molecular complexity index is 754. The number of hydrogen-bond acceptors (Lipinski definition) is 3. The third-order valence-electron chi connectivity index (χ3n) is 9.24. The van der Waals surface area contributed by atoms with E-state index in [-0.39, 0.29) is 28.8 Å². The molecule has 0 saturated heterocycles. The summed E-state index contributed by atoms with van der Waals surface area (Å²) in [6.45, 7) is 14.1. The number of ether oxygens (including phenoxy) is 1. The Kier molecular flexibility index (Phi) is 4.37. The van der Waals surface area contributed by atoms with E-state index in [9.17, 15) is 14.7 Å². The van der Waals surface area contributed by atoms with Gasteiger partial charge < -0.3 is 9.84 Å². The van der Waals surface area contributed by atoms with Gasteiger partial charge >= 0.3 is 11.9 Å². The number of fused-ring (bicyclic) bond motifs is 3. The minimum Gasteiger partial charge on any atom is -0.481 e. The number of carbonyl (C=O) groups excluding carboxylic acids is 1. The van der Waals surface area contributed by atoms with Crippen LogP contribution in [-0.4, -0.2) is 23.1 Å². The Morgan fingerprint density at radius 1 is 1.11 bits per heavy atom. The Morgan fingerprint density at radius 2 is 1.82 bits per heavy atom. The van der Waals surface area contributed by atoms with E-state index < -0.39 is 11.4 Å². The van der Waals surface area contributed by atoms with E-state index in [1.54, 1.807) is 6.92 Å². The molecule has 1 spiro atoms. The maximum absolute atomic E-state index is 12.4. The van der Waals surface area contributed by atoms with Gasteiger partial charge in [-0.1, -0.05) is 26.5 Å². The van der Waals surface area contributed by atoms with Crippen molar-refractivity contribution in [3.8, 4) is 0 Å². The van der Waals surface area contributed by atoms with Crippen LogP contribution in [0.4, 0.5) is 0 Å². The first kappa shape index (κ1) is 19.7. The van der Waals surface area contributed by atoms with Gasteiger partial charge in [-0.25, -0.2) is 4.79 Å². The molecule has 4 aliphatic carbocycles. The van der Waals surface area contributed by atoms with E-state index in [2.05, 4.69) is 20.1 Å². The highest BCUT2D eigenvalue weighted by Gasteiger charge is 2.68. The number of aliphatic carboxylic acids is 1. The smallest absolute Gasteiger partial charge is 0.333 e. The standard InChI is InChI=1S/C24H34O4/c1-14(2)20(25)28-19-15(3)16-7-8-18-22(4)10-6-11-23(5,21(26)27)17(22)9-12-24(18,19)13-16/h16-19H,1,3,6-13H2,2,4-5H3,(H,26,27)/t16-,17+,18+,19+,22-,23-,24-/m1/s1. The van der Waals surface area contributed by atoms with Crippen LogP contribution in [0.5, 0.6) is 0 Å². The molecule has 0 aromatic rings. The summed E-state index contributed by atoms with van der Waals surface area (Å²) >= 11 is 0. The second-order valence-electron chi connectivity index (χ2n) is 10.6. The molecule has 4 fully saturated rings. The van der Waals surface area contributed by atoms with Gasteiger partial charge in [-0.05, 0) is 87.5 Å². The highest BCUT2D eigenvalue weighted by atomic mass is 16.5. The molecule has 0 aliphatic heterocycles. The van der Waals surface area contributed by atoms with Crippen LogP contribution in [0.25, 0.3) is 0 Å². The van der Waals surface area contributed by atoms with Gasteiger partial charge in [0.25, 0.3) is 0 Å². The zero-order valence-electron chi connectivity index (χ0n) is 17.6. The molecule has 0 aromatic carbocycles. The molecule has 154 valence electrons. The fourth-order valence-corrected chi connectivity index (χ4v) is 7.99. The Balaban J connectivity index is 1.74. The predicted octanol–water partition coefficient (Wildman–Crippen LogP) is 5.14. The molecule has 4 nitrogen and oxygen atoms in total. The van der Waals surface area contributed by atoms with Crippen LogP contribution in [0.2, 0.25) is 0 Å². The second-order valence-corrected chi connectivity index (χ2v) is 10.6. The molecule has 0 heterocycles. The molecule has 1 N–H and O–H groups in total. The van der Waals surface area contributed by atoms with Gasteiger partial charge in [0.2, 0.25) is 0 Å². The third kappa shape index (κ3) is 2.42. The minimum atomic E-state index is -0.648. The number of carbonyl (C=O) groups is 2. The van der Waals surface area contributed by atoms with Crippen molar-refractivity contribution in [1.29, 1.82) is 0 Å². The summed E-state index contributed by atoms with van der Waals surface area (Å²) in [5.74, 6) is 0.0296. The summed E-state index contributed by atoms with van der Waals surface area (Å²) in [7, 11) is 0. The molecule has 0 aromatic heterocycles. The maximum Gasteiger partial charge on any atom is 0.333 e. The monoisotopic (exact) mass is 386 g/mol. The first-order chi connectivity index (χ1) is 13.1. The zero-order chi connectivity index (χ0) is 20.5. The Labute approximate surface area is 168 Å². The van der Waals surface area contributed by atoms with Crippen molar-refractivity contribution in [2.75, 3.05) is 0 Å². The number of carboxylic acid groups (broad SMARTS) is 1. The normalized spacial score (nSPS) is 47.0. The molecule has 2 bridgehead atoms. The lowest BCUT2D eigenvalue weighted by molar-refractivity contribution is -0.195. The summed E-state index contributed by atoms with van der Waals surface area (Å²) in [5.41, 5.74) is 0.764. The average Bonchev–Trinajstić information content (AvgIpc) is 2.81. The van der Waals surface area contributed by atoms with Gasteiger partial charge in [0, 0.05) is 11.0 Å². The third-order valence-corrected chi connectivity index (χ3v) is 9.24. The molecule has 4 rings (SSSR count). The van der Waals surface area contributed by atoms with Crippen molar-refractivity contribution in [3.05, 3.63) is 24.3 Å². The van der Waals surface area contributed by atoms with Crippen molar-refractivity contribution in [2.24, 2.45) is 34.0 Å². The van der Waals surface area contributed by atoms with E-state index in [4.69, 9.17) is 4.74 Å². The molecular weight excluding hydrogens is 352 g/mol. The summed E-state index contributed by atoms with van der Waals surface area (Å²) in [6.07, 6.45) is 7.61. The van der Waals surface area contributed by atoms with Crippen molar-refractivity contribution in [1.82, 2.24) is 0 Å². The Hall–Kier alpha value is -1.58. The van der Waals surface area contributed by atoms with Gasteiger partial charge in [-0.15, -0.1) is 0 Å². The van der Waals surface area contributed by atoms with Crippen LogP contribution in [0.15, 0.2) is 24.3 Å². The highest BCUT2D eigenvalue weighted by Crippen LogP contribution is 2.72. The first-order valence-corrected chi connectivity index (χ1v) is 10.8. The number of esters is 1. The quantitative estimate of drug-likeness (QED) is 0.414. The molecule has 4 heteroatoms. The molecule has 0 amide bonds. The molecule has 28 heavy (non-hydrogen) atoms. The zero-order valence-corrected chi connectivity index (χ0v) is 17.6. The van der Waals surface area contributed by atoms with Crippen LogP contribution in [0, 0.1) is 34.0 Å². The maximum atomic E-state index is 12.4. The SMILES string of the molecule is C=C(C)C(=O)O[C@H]1C(=C)[C@@H]2CC[C@H]3[C@]4(C)CCC[C@@](C)(C(=O)O)[C@H]4CC[C@]13C2. The fourth-order valence-electron chi connectivity index (χ4n) is 7.99. The van der Waals surface area contributed by atoms with Crippen molar-refractivity contribution in [3.63, 3.8) is 0 Å². The van der Waals surface area contributed by atoms with Crippen molar-refractivity contribution in [2.45, 2.75) is 78.2 Å². The molecule has 7 atom stereocenters. The minimum absolute atomic E-state index is 0.0207. The second kappa shape index (κ2) is 6.21. The predicted molar refractivity (Wildman–Crippen MR) is 108 cm³/mol. The van der Waals surface area contributed by atoms with Gasteiger partial charge in [0.1, 0.15) is 6.10 Å². The number of carboxylic acids is 1. The van der Waals surface area contributed by atoms with E-state index in [1.165, 1.54) is 0 Å². The van der Waals surface area contributed by atoms with Crippen LogP contribution >= 0.6 is 0 Å². The van der Waals surface area contributed by atoms with Gasteiger partial charge in [0.15, 0.2) is 0 Å². The molecule has 0 radical (unpaired) electrons.